The largest absolute Gasteiger partial charge is 0.369 e. The van der Waals surface area contributed by atoms with Crippen LogP contribution >= 0.6 is 11.6 Å². The smallest absolute Gasteiger partial charge is 0.257 e. The second-order valence-corrected chi connectivity index (χ2v) is 10.9. The molecular weight excluding hydrogens is 470 g/mol. The fourth-order valence-corrected chi connectivity index (χ4v) is 5.77. The van der Waals surface area contributed by atoms with Crippen molar-refractivity contribution in [3.63, 3.8) is 0 Å². The van der Waals surface area contributed by atoms with Crippen LogP contribution in [-0.2, 0) is 10.0 Å². The highest BCUT2D eigenvalue weighted by Gasteiger charge is 2.29. The predicted molar refractivity (Wildman–Crippen MR) is 137 cm³/mol. The van der Waals surface area contributed by atoms with Crippen molar-refractivity contribution >= 4 is 38.9 Å². The quantitative estimate of drug-likeness (QED) is 0.506. The second kappa shape index (κ2) is 10.2. The van der Waals surface area contributed by atoms with Crippen molar-refractivity contribution < 1.29 is 13.2 Å². The van der Waals surface area contributed by atoms with Crippen molar-refractivity contribution in [2.24, 2.45) is 0 Å². The number of carbonyl (C=O) groups is 1. The van der Waals surface area contributed by atoms with Crippen molar-refractivity contribution in [1.82, 2.24) is 4.31 Å². The zero-order valence-corrected chi connectivity index (χ0v) is 20.8. The van der Waals surface area contributed by atoms with Gasteiger partial charge in [0.25, 0.3) is 5.91 Å². The average molecular weight is 498 g/mol. The van der Waals surface area contributed by atoms with E-state index in [1.165, 1.54) is 22.5 Å². The maximum Gasteiger partial charge on any atom is 0.257 e. The minimum atomic E-state index is -3.77. The molecule has 6 nitrogen and oxygen atoms in total. The number of nitrogens with zero attached hydrogens (tertiary/aromatic N) is 2. The molecule has 178 valence electrons. The van der Waals surface area contributed by atoms with Crippen LogP contribution in [0.3, 0.4) is 0 Å². The Balaban J connectivity index is 1.53. The maximum atomic E-state index is 13.4. The first-order valence-electron chi connectivity index (χ1n) is 11.3. The third-order valence-electron chi connectivity index (χ3n) is 6.01. The number of piperazine rings is 1. The van der Waals surface area contributed by atoms with Crippen LogP contribution in [0.5, 0.6) is 0 Å². The first-order chi connectivity index (χ1) is 16.3. The van der Waals surface area contributed by atoms with Crippen molar-refractivity contribution in [1.29, 1.82) is 0 Å². The highest BCUT2D eigenvalue weighted by Crippen LogP contribution is 2.28. The Morgan fingerprint density at radius 2 is 1.56 bits per heavy atom. The molecule has 0 atom stereocenters. The van der Waals surface area contributed by atoms with Gasteiger partial charge in [-0.3, -0.25) is 4.79 Å². The molecule has 1 N–H and O–H groups in total. The molecule has 1 heterocycles. The molecule has 8 heteroatoms. The third kappa shape index (κ3) is 5.12. The van der Waals surface area contributed by atoms with Crippen LogP contribution in [0, 0.1) is 0 Å². The molecule has 1 amide bonds. The first-order valence-corrected chi connectivity index (χ1v) is 13.1. The summed E-state index contributed by atoms with van der Waals surface area (Å²) < 4.78 is 28.2. The number of anilines is 2. The van der Waals surface area contributed by atoms with Gasteiger partial charge in [-0.05, 0) is 47.9 Å². The minimum absolute atomic E-state index is 0.0624. The van der Waals surface area contributed by atoms with Crippen LogP contribution in [-0.4, -0.2) is 44.8 Å². The van der Waals surface area contributed by atoms with Gasteiger partial charge in [0.2, 0.25) is 10.0 Å². The SMILES string of the molecule is CC(C)c1ccccc1NC(=O)c1cc(S(=O)(=O)N2CCN(c3ccccc3)CC2)ccc1Cl. The number of carbonyl (C=O) groups excluding carboxylic acids is 1. The number of hydrogen-bond acceptors (Lipinski definition) is 4. The fourth-order valence-electron chi connectivity index (χ4n) is 4.12. The number of rotatable bonds is 6. The van der Waals surface area contributed by atoms with E-state index in [1.807, 2.05) is 68.4 Å². The van der Waals surface area contributed by atoms with Gasteiger partial charge in [-0.1, -0.05) is 61.8 Å². The topological polar surface area (TPSA) is 69.7 Å². The summed E-state index contributed by atoms with van der Waals surface area (Å²) in [5, 5.41) is 3.09. The van der Waals surface area contributed by atoms with Crippen LogP contribution < -0.4 is 10.2 Å². The summed E-state index contributed by atoms with van der Waals surface area (Å²) in [4.78, 5) is 15.3. The molecule has 3 aromatic rings. The number of benzene rings is 3. The van der Waals surface area contributed by atoms with Gasteiger partial charge >= 0.3 is 0 Å². The third-order valence-corrected chi connectivity index (χ3v) is 8.24. The van der Waals surface area contributed by atoms with Crippen LogP contribution in [0.15, 0.2) is 77.7 Å². The van der Waals surface area contributed by atoms with Crippen LogP contribution in [0.4, 0.5) is 11.4 Å². The Morgan fingerprint density at radius 1 is 0.912 bits per heavy atom. The van der Waals surface area contributed by atoms with E-state index in [4.69, 9.17) is 11.6 Å². The molecule has 1 aliphatic heterocycles. The second-order valence-electron chi connectivity index (χ2n) is 8.56. The standard InChI is InChI=1S/C26H28ClN3O3S/c1-19(2)22-10-6-7-11-25(22)28-26(31)23-18-21(12-13-24(23)27)34(32,33)30-16-14-29(15-17-30)20-8-4-3-5-9-20/h3-13,18-19H,14-17H2,1-2H3,(H,28,31). The van der Waals surface area contributed by atoms with E-state index >= 15 is 0 Å². The highest BCUT2D eigenvalue weighted by atomic mass is 35.5. The van der Waals surface area contributed by atoms with Crippen LogP contribution in [0.1, 0.15) is 35.7 Å². The molecule has 0 unspecified atom stereocenters. The lowest BCUT2D eigenvalue weighted by Crippen LogP contribution is -2.48. The Bertz CT molecular complexity index is 1270. The van der Waals surface area contributed by atoms with Crippen molar-refractivity contribution in [2.75, 3.05) is 36.4 Å². The number of amides is 1. The fraction of sp³-hybridized carbons (Fsp3) is 0.269. The Kier molecular flexibility index (Phi) is 7.26. The summed E-state index contributed by atoms with van der Waals surface area (Å²) in [7, 11) is -3.77. The summed E-state index contributed by atoms with van der Waals surface area (Å²) >= 11 is 6.31. The zero-order chi connectivity index (χ0) is 24.3. The number of nitrogens with one attached hydrogen (secondary N) is 1. The first kappa shape index (κ1) is 24.3. The molecule has 1 saturated heterocycles. The van der Waals surface area contributed by atoms with E-state index < -0.39 is 15.9 Å². The Hall–Kier alpha value is -2.87. The molecule has 0 saturated carbocycles. The van der Waals surface area contributed by atoms with Crippen LogP contribution in [0.25, 0.3) is 0 Å². The molecule has 0 spiro atoms. The van der Waals surface area contributed by atoms with E-state index in [-0.39, 0.29) is 21.4 Å². The van der Waals surface area contributed by atoms with E-state index in [1.54, 1.807) is 0 Å². The summed E-state index contributed by atoms with van der Waals surface area (Å²) in [6, 6.07) is 21.8. The maximum absolute atomic E-state index is 13.4. The van der Waals surface area contributed by atoms with E-state index in [9.17, 15) is 13.2 Å². The Morgan fingerprint density at radius 3 is 2.24 bits per heavy atom. The minimum Gasteiger partial charge on any atom is -0.369 e. The van der Waals surface area contributed by atoms with Gasteiger partial charge in [-0.25, -0.2) is 8.42 Å². The molecule has 4 rings (SSSR count). The van der Waals surface area contributed by atoms with Crippen molar-refractivity contribution in [3.05, 3.63) is 88.9 Å². The normalized spacial score (nSPS) is 14.9. The van der Waals surface area contributed by atoms with Crippen molar-refractivity contribution in [2.45, 2.75) is 24.7 Å². The molecule has 34 heavy (non-hydrogen) atoms. The monoisotopic (exact) mass is 497 g/mol. The highest BCUT2D eigenvalue weighted by molar-refractivity contribution is 7.89. The van der Waals surface area contributed by atoms with Gasteiger partial charge in [0.1, 0.15) is 0 Å². The summed E-state index contributed by atoms with van der Waals surface area (Å²) in [6.45, 7) is 6.00. The van der Waals surface area contributed by atoms with Gasteiger partial charge in [-0.15, -0.1) is 0 Å². The summed E-state index contributed by atoms with van der Waals surface area (Å²) in [5.41, 5.74) is 2.88. The Labute approximate surface area is 206 Å². The lowest BCUT2D eigenvalue weighted by molar-refractivity contribution is 0.102. The van der Waals surface area contributed by atoms with Crippen LogP contribution in [0.2, 0.25) is 5.02 Å². The molecule has 1 fully saturated rings. The predicted octanol–water partition coefficient (Wildman–Crippen LogP) is 5.23. The molecule has 0 aromatic heterocycles. The van der Waals surface area contributed by atoms with Crippen molar-refractivity contribution in [3.8, 4) is 0 Å². The molecular formula is C26H28ClN3O3S. The van der Waals surface area contributed by atoms with Gasteiger partial charge in [-0.2, -0.15) is 4.31 Å². The van der Waals surface area contributed by atoms with E-state index in [0.29, 0.717) is 31.9 Å². The molecule has 0 radical (unpaired) electrons. The summed E-state index contributed by atoms with van der Waals surface area (Å²) in [6.07, 6.45) is 0. The number of sulfonamides is 1. The number of halogens is 1. The average Bonchev–Trinajstić information content (AvgIpc) is 2.85. The number of hydrogen-bond donors (Lipinski definition) is 1. The lowest BCUT2D eigenvalue weighted by atomic mass is 10.0. The van der Waals surface area contributed by atoms with Gasteiger partial charge < -0.3 is 10.2 Å². The zero-order valence-electron chi connectivity index (χ0n) is 19.2. The van der Waals surface area contributed by atoms with Gasteiger partial charge in [0.15, 0.2) is 0 Å². The van der Waals surface area contributed by atoms with Gasteiger partial charge in [0.05, 0.1) is 15.5 Å². The molecule has 0 bridgehead atoms. The lowest BCUT2D eigenvalue weighted by Gasteiger charge is -2.35. The molecule has 1 aliphatic rings. The van der Waals surface area contributed by atoms with Gasteiger partial charge in [0, 0.05) is 37.6 Å². The number of para-hydroxylation sites is 2. The van der Waals surface area contributed by atoms with E-state index in [0.717, 1.165) is 11.3 Å². The summed E-state index contributed by atoms with van der Waals surface area (Å²) in [5.74, 6) is -0.225. The van der Waals surface area contributed by atoms with E-state index in [2.05, 4.69) is 10.2 Å². The molecule has 0 aliphatic carbocycles. The molecule has 3 aromatic carbocycles.